The van der Waals surface area contributed by atoms with Gasteiger partial charge in [0.25, 0.3) is 0 Å². The summed E-state index contributed by atoms with van der Waals surface area (Å²) in [6.45, 7) is 1.80. The van der Waals surface area contributed by atoms with Crippen LogP contribution >= 0.6 is 57.6 Å². The fraction of sp³-hybridized carbons (Fsp3) is 0.261. The number of aromatic nitrogens is 4. The number of nitriles is 1. The van der Waals surface area contributed by atoms with Crippen LogP contribution in [0.3, 0.4) is 0 Å². The molecule has 0 spiro atoms. The van der Waals surface area contributed by atoms with Crippen LogP contribution in [0.4, 0.5) is 10.3 Å². The van der Waals surface area contributed by atoms with E-state index < -0.39 is 5.92 Å². The largest absolute Gasteiger partial charge is 0.384 e. The Balaban J connectivity index is 1.45. The van der Waals surface area contributed by atoms with E-state index in [1.807, 2.05) is 0 Å². The van der Waals surface area contributed by atoms with Gasteiger partial charge in [-0.25, -0.2) is 0 Å². The number of aryl methyl sites for hydroxylation is 1. The number of nitrogens with one attached hydrogen (secondary N) is 1. The molecule has 2 aromatic heterocycles. The quantitative estimate of drug-likeness (QED) is 0.366. The number of ketones is 1. The number of hydrogen-bond donors (Lipinski definition) is 2. The van der Waals surface area contributed by atoms with Crippen molar-refractivity contribution in [2.45, 2.75) is 36.4 Å². The van der Waals surface area contributed by atoms with Gasteiger partial charge in [0.1, 0.15) is 10.8 Å². The summed E-state index contributed by atoms with van der Waals surface area (Å²) >= 11 is 16.3. The van der Waals surface area contributed by atoms with E-state index in [9.17, 15) is 14.9 Å². The summed E-state index contributed by atoms with van der Waals surface area (Å²) in [4.78, 5) is 27.2. The molecule has 1 aliphatic heterocycles. The third-order valence-electron chi connectivity index (χ3n) is 5.87. The molecule has 0 saturated heterocycles. The second kappa shape index (κ2) is 11.0. The van der Waals surface area contributed by atoms with Crippen LogP contribution in [0.5, 0.6) is 0 Å². The van der Waals surface area contributed by atoms with Crippen LogP contribution in [-0.2, 0) is 9.59 Å². The molecule has 3 aromatic rings. The normalized spacial score (nSPS) is 17.5. The van der Waals surface area contributed by atoms with E-state index >= 15 is 0 Å². The molecule has 1 amide bonds. The fourth-order valence-electron chi connectivity index (χ4n) is 4.33. The number of carbonyl (C=O) groups excluding carboxylic acids is 2. The van der Waals surface area contributed by atoms with Gasteiger partial charge in [0.05, 0.1) is 23.3 Å². The Morgan fingerprint density at radius 2 is 2.08 bits per heavy atom. The number of nitrogens with two attached hydrogens (primary N) is 1. The lowest BCUT2D eigenvalue weighted by Crippen LogP contribution is -2.38. The zero-order valence-electron chi connectivity index (χ0n) is 19.7. The summed E-state index contributed by atoms with van der Waals surface area (Å²) in [5.41, 5.74) is 8.50. The number of benzene rings is 1. The highest BCUT2D eigenvalue weighted by Crippen LogP contribution is 2.48. The Morgan fingerprint density at radius 1 is 1.26 bits per heavy atom. The minimum absolute atomic E-state index is 0.0739. The van der Waals surface area contributed by atoms with Crippen molar-refractivity contribution < 1.29 is 9.59 Å². The predicted octanol–water partition coefficient (Wildman–Crippen LogP) is 5.04. The summed E-state index contributed by atoms with van der Waals surface area (Å²) < 4.78 is 0.530. The smallest absolute Gasteiger partial charge is 0.236 e. The average molecular weight is 606 g/mol. The second-order valence-corrected chi connectivity index (χ2v) is 12.5. The molecule has 0 saturated carbocycles. The van der Waals surface area contributed by atoms with Crippen molar-refractivity contribution in [1.82, 2.24) is 20.4 Å². The number of Topliss-reactive ketones (excluding diaryl/α,β-unsaturated/α-hetero) is 1. The van der Waals surface area contributed by atoms with Gasteiger partial charge in [-0.1, -0.05) is 63.7 Å². The Hall–Kier alpha value is -3.02. The van der Waals surface area contributed by atoms with Gasteiger partial charge in [-0.2, -0.15) is 5.26 Å². The molecular formula is C23H18Cl2N8O2S3. The second-order valence-electron chi connectivity index (χ2n) is 8.30. The van der Waals surface area contributed by atoms with Gasteiger partial charge in [0, 0.05) is 27.7 Å². The van der Waals surface area contributed by atoms with Crippen LogP contribution < -0.4 is 16.0 Å². The van der Waals surface area contributed by atoms with Crippen molar-refractivity contribution in [1.29, 1.82) is 5.26 Å². The monoisotopic (exact) mass is 604 g/mol. The number of hydrogen-bond acceptors (Lipinski definition) is 12. The molecule has 1 aromatic carbocycles. The first kappa shape index (κ1) is 26.6. The molecule has 3 heterocycles. The maximum atomic E-state index is 13.3. The Bertz CT molecular complexity index is 1560. The number of halogens is 2. The number of carbonyl (C=O) groups is 2. The zero-order chi connectivity index (χ0) is 27.0. The van der Waals surface area contributed by atoms with Gasteiger partial charge in [-0.05, 0) is 37.5 Å². The SMILES string of the molecule is Cc1nnc(NC(=O)CSc2nnc(N3C(N)=C(C#N)C(c4ccc(Cl)cc4Cl)C4=C3CCCC4=O)s2)s1. The third kappa shape index (κ3) is 5.14. The summed E-state index contributed by atoms with van der Waals surface area (Å²) in [6, 6.07) is 7.17. The van der Waals surface area contributed by atoms with Crippen molar-refractivity contribution >= 4 is 79.6 Å². The van der Waals surface area contributed by atoms with Crippen molar-refractivity contribution in [2.24, 2.45) is 5.73 Å². The van der Waals surface area contributed by atoms with Crippen LogP contribution in [-0.4, -0.2) is 37.8 Å². The summed E-state index contributed by atoms with van der Waals surface area (Å²) in [6.07, 6.45) is 1.55. The first-order chi connectivity index (χ1) is 18.3. The van der Waals surface area contributed by atoms with Gasteiger partial charge in [-0.3, -0.25) is 19.8 Å². The number of allylic oxidation sites excluding steroid dienone is 3. The number of anilines is 2. The third-order valence-corrected chi connectivity index (χ3v) is 9.23. The first-order valence-corrected chi connectivity index (χ1v) is 14.6. The molecule has 1 atom stereocenters. The van der Waals surface area contributed by atoms with E-state index in [1.165, 1.54) is 34.4 Å². The predicted molar refractivity (Wildman–Crippen MR) is 148 cm³/mol. The van der Waals surface area contributed by atoms with Crippen LogP contribution in [0.1, 0.15) is 35.8 Å². The van der Waals surface area contributed by atoms with E-state index in [-0.39, 0.29) is 28.8 Å². The van der Waals surface area contributed by atoms with Crippen LogP contribution in [0.25, 0.3) is 0 Å². The van der Waals surface area contributed by atoms with Crippen LogP contribution in [0.2, 0.25) is 10.0 Å². The lowest BCUT2D eigenvalue weighted by atomic mass is 9.76. The highest BCUT2D eigenvalue weighted by molar-refractivity contribution is 8.01. The topological polar surface area (TPSA) is 151 Å². The van der Waals surface area contributed by atoms with Crippen molar-refractivity contribution in [3.05, 3.63) is 61.5 Å². The maximum absolute atomic E-state index is 13.3. The molecular weight excluding hydrogens is 587 g/mol. The molecule has 10 nitrogen and oxygen atoms in total. The van der Waals surface area contributed by atoms with Gasteiger partial charge in [0.2, 0.25) is 16.2 Å². The van der Waals surface area contributed by atoms with E-state index in [0.717, 1.165) is 5.01 Å². The first-order valence-electron chi connectivity index (χ1n) is 11.2. The lowest BCUT2D eigenvalue weighted by molar-refractivity contribution is -0.116. The minimum Gasteiger partial charge on any atom is -0.384 e. The molecule has 0 fully saturated rings. The van der Waals surface area contributed by atoms with E-state index in [1.54, 1.807) is 30.0 Å². The molecule has 5 rings (SSSR count). The molecule has 1 aliphatic carbocycles. The number of nitrogens with zero attached hydrogens (tertiary/aromatic N) is 6. The molecule has 38 heavy (non-hydrogen) atoms. The molecule has 0 bridgehead atoms. The van der Waals surface area contributed by atoms with Crippen molar-refractivity contribution in [2.75, 3.05) is 16.0 Å². The Labute approximate surface area is 239 Å². The molecule has 194 valence electrons. The summed E-state index contributed by atoms with van der Waals surface area (Å²) in [5, 5.41) is 31.5. The van der Waals surface area contributed by atoms with Gasteiger partial charge >= 0.3 is 0 Å². The minimum atomic E-state index is -0.710. The molecule has 0 radical (unpaired) electrons. The summed E-state index contributed by atoms with van der Waals surface area (Å²) in [5.74, 6) is -0.786. The van der Waals surface area contributed by atoms with Gasteiger partial charge in [-0.15, -0.1) is 20.4 Å². The van der Waals surface area contributed by atoms with E-state index in [0.29, 0.717) is 60.7 Å². The van der Waals surface area contributed by atoms with Gasteiger partial charge in [0.15, 0.2) is 10.1 Å². The Kier molecular flexibility index (Phi) is 7.69. The number of thioether (sulfide) groups is 1. The number of amides is 1. The van der Waals surface area contributed by atoms with Crippen molar-refractivity contribution in [3.63, 3.8) is 0 Å². The van der Waals surface area contributed by atoms with Gasteiger partial charge < -0.3 is 5.73 Å². The molecule has 2 aliphatic rings. The van der Waals surface area contributed by atoms with Crippen molar-refractivity contribution in [3.8, 4) is 6.07 Å². The fourth-order valence-corrected chi connectivity index (χ4v) is 7.14. The molecule has 15 heteroatoms. The highest BCUT2D eigenvalue weighted by atomic mass is 35.5. The Morgan fingerprint density at radius 3 is 2.79 bits per heavy atom. The standard InChI is InChI=1S/C23H18Cl2N8O2S3/c1-10-29-30-21(37-10)28-17(35)9-36-23-32-31-22(38-23)33-15-3-2-4-16(34)19(15)18(13(8-26)20(33)27)12-6-5-11(24)7-14(12)25/h5-7,18H,2-4,9,27H2,1H3,(H,28,30,35). The number of rotatable bonds is 6. The summed E-state index contributed by atoms with van der Waals surface area (Å²) in [7, 11) is 0. The average Bonchev–Trinajstić information content (AvgIpc) is 3.51. The maximum Gasteiger partial charge on any atom is 0.236 e. The zero-order valence-corrected chi connectivity index (χ0v) is 23.7. The van der Waals surface area contributed by atoms with E-state index in [4.69, 9.17) is 28.9 Å². The molecule has 3 N–H and O–H groups in total. The molecule has 1 unspecified atom stereocenters. The van der Waals surface area contributed by atoms with E-state index in [2.05, 4.69) is 31.8 Å². The highest BCUT2D eigenvalue weighted by Gasteiger charge is 2.42. The lowest BCUT2D eigenvalue weighted by Gasteiger charge is -2.38. The van der Waals surface area contributed by atoms with Crippen LogP contribution in [0.15, 0.2) is 45.2 Å². The van der Waals surface area contributed by atoms with Crippen LogP contribution in [0, 0.1) is 18.3 Å².